The van der Waals surface area contributed by atoms with Crippen molar-refractivity contribution in [2.24, 2.45) is 0 Å². The van der Waals surface area contributed by atoms with Crippen LogP contribution in [0.2, 0.25) is 0 Å². The summed E-state index contributed by atoms with van der Waals surface area (Å²) in [5.41, 5.74) is 7.41. The zero-order chi connectivity index (χ0) is 30.6. The van der Waals surface area contributed by atoms with E-state index in [0.717, 1.165) is 49.2 Å². The number of carbonyl (C=O) groups is 3. The average Bonchev–Trinajstić information content (AvgIpc) is 3.37. The highest BCUT2D eigenvalue weighted by Gasteiger charge is 2.33. The molecule has 12 heteroatoms. The van der Waals surface area contributed by atoms with E-state index >= 15 is 0 Å². The highest BCUT2D eigenvalue weighted by atomic mass is 32.2. The smallest absolute Gasteiger partial charge is 0.272 e. The first kappa shape index (κ1) is 30.9. The summed E-state index contributed by atoms with van der Waals surface area (Å²) in [7, 11) is -3.67. The molecule has 3 amide bonds. The van der Waals surface area contributed by atoms with Gasteiger partial charge in [-0.2, -0.15) is 4.31 Å². The van der Waals surface area contributed by atoms with Gasteiger partial charge >= 0.3 is 0 Å². The lowest BCUT2D eigenvalue weighted by Crippen LogP contribution is -2.43. The summed E-state index contributed by atoms with van der Waals surface area (Å²) in [4.78, 5) is 41.4. The Labute approximate surface area is 256 Å². The van der Waals surface area contributed by atoms with Gasteiger partial charge in [0.05, 0.1) is 10.5 Å². The summed E-state index contributed by atoms with van der Waals surface area (Å²) >= 11 is 1.34. The highest BCUT2D eigenvalue weighted by molar-refractivity contribution is 7.89. The molecule has 228 valence electrons. The molecule has 0 bridgehead atoms. The lowest BCUT2D eigenvalue weighted by atomic mass is 10.0. The number of amides is 3. The first-order valence-electron chi connectivity index (χ1n) is 14.6. The first-order chi connectivity index (χ1) is 20.7. The van der Waals surface area contributed by atoms with Gasteiger partial charge in [-0.05, 0) is 61.1 Å². The van der Waals surface area contributed by atoms with Gasteiger partial charge in [0.25, 0.3) is 11.8 Å². The molecule has 1 unspecified atom stereocenters. The van der Waals surface area contributed by atoms with E-state index < -0.39 is 27.7 Å². The number of thiophene rings is 1. The number of carbonyl (C=O) groups excluding carboxylic acids is 3. The van der Waals surface area contributed by atoms with Gasteiger partial charge in [0.1, 0.15) is 5.00 Å². The van der Waals surface area contributed by atoms with Gasteiger partial charge < -0.3 is 5.32 Å². The van der Waals surface area contributed by atoms with Gasteiger partial charge in [-0.1, -0.05) is 43.7 Å². The zero-order valence-corrected chi connectivity index (χ0v) is 26.0. The van der Waals surface area contributed by atoms with Crippen molar-refractivity contribution in [1.29, 1.82) is 0 Å². The molecule has 0 aliphatic carbocycles. The molecule has 1 aromatic heterocycles. The van der Waals surface area contributed by atoms with Gasteiger partial charge in [0.15, 0.2) is 0 Å². The van der Waals surface area contributed by atoms with E-state index in [2.05, 4.69) is 33.2 Å². The predicted octanol–water partition coefficient (Wildman–Crippen LogP) is 4.29. The molecule has 43 heavy (non-hydrogen) atoms. The van der Waals surface area contributed by atoms with Crippen LogP contribution in [0.1, 0.15) is 76.3 Å². The molecule has 5 rings (SSSR count). The van der Waals surface area contributed by atoms with E-state index in [9.17, 15) is 22.8 Å². The summed E-state index contributed by atoms with van der Waals surface area (Å²) in [6.07, 6.45) is 4.07. The second kappa shape index (κ2) is 13.4. The SMILES string of the molecule is CCC1CCCCN1S(=O)(=O)c1ccc(C(=O)Nc2sc3c(c2C(=O)NNC(C)=O)CCN(Cc2ccccc2)C3)cc1. The quantitative estimate of drug-likeness (QED) is 0.321. The third-order valence-corrected chi connectivity index (χ3v) is 11.1. The number of hydrogen-bond donors (Lipinski definition) is 3. The minimum atomic E-state index is -3.67. The molecule has 2 aromatic carbocycles. The number of anilines is 1. The predicted molar refractivity (Wildman–Crippen MR) is 166 cm³/mol. The molecule has 0 spiro atoms. The van der Waals surface area contributed by atoms with Crippen LogP contribution in [0.15, 0.2) is 59.5 Å². The summed E-state index contributed by atoms with van der Waals surface area (Å²) in [5.74, 6) is -1.38. The molecule has 1 atom stereocenters. The van der Waals surface area contributed by atoms with Gasteiger partial charge in [0.2, 0.25) is 15.9 Å². The molecule has 1 fully saturated rings. The Balaban J connectivity index is 1.36. The number of piperidine rings is 1. The van der Waals surface area contributed by atoms with Crippen LogP contribution in [0.25, 0.3) is 0 Å². The molecule has 3 aromatic rings. The number of nitrogens with one attached hydrogen (secondary N) is 3. The van der Waals surface area contributed by atoms with Crippen LogP contribution in [0.3, 0.4) is 0 Å². The van der Waals surface area contributed by atoms with Crippen LogP contribution >= 0.6 is 11.3 Å². The molecule has 1 saturated heterocycles. The number of sulfonamides is 1. The van der Waals surface area contributed by atoms with Crippen molar-refractivity contribution in [3.63, 3.8) is 0 Å². The molecule has 3 N–H and O–H groups in total. The van der Waals surface area contributed by atoms with Crippen molar-refractivity contribution < 1.29 is 22.8 Å². The maximum absolute atomic E-state index is 13.4. The van der Waals surface area contributed by atoms with Crippen molar-refractivity contribution in [1.82, 2.24) is 20.1 Å². The Morgan fingerprint density at radius 2 is 1.70 bits per heavy atom. The van der Waals surface area contributed by atoms with E-state index in [1.807, 2.05) is 25.1 Å². The fourth-order valence-electron chi connectivity index (χ4n) is 5.76. The maximum Gasteiger partial charge on any atom is 0.272 e. The Morgan fingerprint density at radius 3 is 2.40 bits per heavy atom. The average molecular weight is 624 g/mol. The first-order valence-corrected chi connectivity index (χ1v) is 16.8. The second-order valence-electron chi connectivity index (χ2n) is 10.9. The van der Waals surface area contributed by atoms with E-state index in [4.69, 9.17) is 0 Å². The molecular formula is C31H37N5O5S2. The Bertz CT molecular complexity index is 1590. The van der Waals surface area contributed by atoms with Gasteiger partial charge in [-0.3, -0.25) is 30.1 Å². The minimum Gasteiger partial charge on any atom is -0.313 e. The Morgan fingerprint density at radius 1 is 0.953 bits per heavy atom. The lowest BCUT2D eigenvalue weighted by molar-refractivity contribution is -0.119. The van der Waals surface area contributed by atoms with E-state index in [0.29, 0.717) is 30.1 Å². The highest BCUT2D eigenvalue weighted by Crippen LogP contribution is 2.38. The monoisotopic (exact) mass is 623 g/mol. The molecule has 0 radical (unpaired) electrons. The van der Waals surface area contributed by atoms with E-state index in [1.54, 1.807) is 4.31 Å². The van der Waals surface area contributed by atoms with E-state index in [1.165, 1.54) is 48.1 Å². The number of benzene rings is 2. The zero-order valence-electron chi connectivity index (χ0n) is 24.4. The molecule has 2 aliphatic heterocycles. The fourth-order valence-corrected chi connectivity index (χ4v) is 8.81. The fraction of sp³-hybridized carbons (Fsp3) is 0.387. The number of fused-ring (bicyclic) bond motifs is 1. The van der Waals surface area contributed by atoms with Crippen molar-refractivity contribution >= 4 is 44.1 Å². The third-order valence-electron chi connectivity index (χ3n) is 7.96. The number of hydrogen-bond acceptors (Lipinski definition) is 7. The van der Waals surface area contributed by atoms with Crippen LogP contribution in [-0.4, -0.2) is 54.5 Å². The summed E-state index contributed by atoms with van der Waals surface area (Å²) in [6, 6.07) is 16.1. The van der Waals surface area contributed by atoms with Gasteiger partial charge in [-0.25, -0.2) is 8.42 Å². The standard InChI is InChI=1S/C31H37N5O5S2/c1-3-24-11-7-8-17-36(24)43(40,41)25-14-12-23(13-15-25)29(38)32-31-28(30(39)34-33-21(2)37)26-16-18-35(20-27(26)42-31)19-22-9-5-4-6-10-22/h4-6,9-10,12-15,24H,3,7-8,11,16-20H2,1-2H3,(H,32,38)(H,33,37)(H,34,39). The summed E-state index contributed by atoms with van der Waals surface area (Å²) in [6.45, 7) is 5.91. The van der Waals surface area contributed by atoms with Crippen molar-refractivity contribution in [2.45, 2.75) is 70.0 Å². The largest absolute Gasteiger partial charge is 0.313 e. The van der Waals surface area contributed by atoms with Crippen LogP contribution in [0.5, 0.6) is 0 Å². The lowest BCUT2D eigenvalue weighted by Gasteiger charge is -2.34. The Kier molecular flexibility index (Phi) is 9.60. The van der Waals surface area contributed by atoms with Gasteiger partial charge in [0, 0.05) is 49.6 Å². The molecule has 10 nitrogen and oxygen atoms in total. The Hall–Kier alpha value is -3.58. The van der Waals surface area contributed by atoms with Crippen molar-refractivity contribution in [3.05, 3.63) is 81.7 Å². The topological polar surface area (TPSA) is 128 Å². The van der Waals surface area contributed by atoms with E-state index in [-0.39, 0.29) is 16.5 Å². The normalized spacial score (nSPS) is 17.6. The van der Waals surface area contributed by atoms with Crippen LogP contribution < -0.4 is 16.2 Å². The molecular weight excluding hydrogens is 587 g/mol. The second-order valence-corrected chi connectivity index (χ2v) is 13.9. The molecule has 0 saturated carbocycles. The minimum absolute atomic E-state index is 0.0164. The van der Waals surface area contributed by atoms with Crippen molar-refractivity contribution in [2.75, 3.05) is 18.4 Å². The summed E-state index contributed by atoms with van der Waals surface area (Å²) < 4.78 is 28.3. The van der Waals surface area contributed by atoms with Crippen LogP contribution in [-0.2, 0) is 34.3 Å². The molecule has 2 aliphatic rings. The van der Waals surface area contributed by atoms with Gasteiger partial charge in [-0.15, -0.1) is 11.3 Å². The van der Waals surface area contributed by atoms with Crippen LogP contribution in [0.4, 0.5) is 5.00 Å². The van der Waals surface area contributed by atoms with Crippen LogP contribution in [0, 0.1) is 0 Å². The summed E-state index contributed by atoms with van der Waals surface area (Å²) in [5, 5.41) is 3.27. The number of nitrogens with zero attached hydrogens (tertiary/aromatic N) is 2. The van der Waals surface area contributed by atoms with Crippen molar-refractivity contribution in [3.8, 4) is 0 Å². The number of rotatable bonds is 8. The third kappa shape index (κ3) is 6.98. The maximum atomic E-state index is 13.4. The number of hydrazine groups is 1. The molecule has 3 heterocycles.